The summed E-state index contributed by atoms with van der Waals surface area (Å²) in [7, 11) is 4.39. The summed E-state index contributed by atoms with van der Waals surface area (Å²) >= 11 is 0. The summed E-state index contributed by atoms with van der Waals surface area (Å²) in [4.78, 5) is 23.6. The van der Waals surface area contributed by atoms with Crippen molar-refractivity contribution in [3.8, 4) is 17.2 Å². The predicted octanol–water partition coefficient (Wildman–Crippen LogP) is 3.19. The molecule has 0 heterocycles. The van der Waals surface area contributed by atoms with Crippen LogP contribution >= 0.6 is 0 Å². The molecule has 0 aliphatic heterocycles. The third-order valence-corrected chi connectivity index (χ3v) is 3.65. The van der Waals surface area contributed by atoms with Crippen LogP contribution in [-0.4, -0.2) is 39.8 Å². The lowest BCUT2D eigenvalue weighted by Crippen LogP contribution is -2.20. The molecule has 9 heteroatoms. The van der Waals surface area contributed by atoms with Crippen molar-refractivity contribution < 1.29 is 37.3 Å². The van der Waals surface area contributed by atoms with Crippen molar-refractivity contribution >= 4 is 23.6 Å². The molecule has 0 aliphatic carbocycles. The Hall–Kier alpha value is -3.62. The van der Waals surface area contributed by atoms with Gasteiger partial charge in [0.2, 0.25) is 5.75 Å². The highest BCUT2D eigenvalue weighted by atomic mass is 19.1. The van der Waals surface area contributed by atoms with Gasteiger partial charge in [0.25, 0.3) is 5.91 Å². The Balaban J connectivity index is 1.96. The molecule has 2 aromatic rings. The van der Waals surface area contributed by atoms with Gasteiger partial charge < -0.3 is 24.3 Å². The first-order valence-electron chi connectivity index (χ1n) is 8.27. The van der Waals surface area contributed by atoms with Crippen LogP contribution in [0.2, 0.25) is 0 Å². The molecule has 0 unspecified atom stereocenters. The van der Waals surface area contributed by atoms with Gasteiger partial charge in [-0.3, -0.25) is 4.79 Å². The molecule has 0 fully saturated rings. The van der Waals surface area contributed by atoms with E-state index in [-0.39, 0.29) is 5.69 Å². The summed E-state index contributed by atoms with van der Waals surface area (Å²) < 4.78 is 46.8. The van der Waals surface area contributed by atoms with Gasteiger partial charge in [-0.2, -0.15) is 0 Å². The number of carbonyl (C=O) groups is 2. The van der Waals surface area contributed by atoms with Crippen molar-refractivity contribution in [2.45, 2.75) is 0 Å². The van der Waals surface area contributed by atoms with Gasteiger partial charge in [0.05, 0.1) is 27.0 Å². The van der Waals surface area contributed by atoms with E-state index in [1.54, 1.807) is 12.1 Å². The fraction of sp³-hybridized carbons (Fsp3) is 0.200. The molecule has 29 heavy (non-hydrogen) atoms. The van der Waals surface area contributed by atoms with Gasteiger partial charge >= 0.3 is 5.97 Å². The molecule has 0 saturated heterocycles. The minimum absolute atomic E-state index is 0.222. The van der Waals surface area contributed by atoms with Crippen molar-refractivity contribution in [3.63, 3.8) is 0 Å². The van der Waals surface area contributed by atoms with Crippen molar-refractivity contribution in [1.29, 1.82) is 0 Å². The number of carbonyl (C=O) groups excluding carboxylic acids is 2. The van der Waals surface area contributed by atoms with E-state index in [1.165, 1.54) is 27.4 Å². The first-order valence-corrected chi connectivity index (χ1v) is 8.27. The largest absolute Gasteiger partial charge is 0.493 e. The van der Waals surface area contributed by atoms with Crippen LogP contribution in [0, 0.1) is 11.6 Å². The van der Waals surface area contributed by atoms with Crippen LogP contribution in [0.4, 0.5) is 14.5 Å². The Morgan fingerprint density at radius 2 is 1.66 bits per heavy atom. The summed E-state index contributed by atoms with van der Waals surface area (Å²) in [5.41, 5.74) is 0.342. The van der Waals surface area contributed by atoms with Crippen molar-refractivity contribution in [1.82, 2.24) is 0 Å². The lowest BCUT2D eigenvalue weighted by molar-refractivity contribution is -0.142. The maximum Gasteiger partial charge on any atom is 0.331 e. The van der Waals surface area contributed by atoms with Gasteiger partial charge in [-0.15, -0.1) is 0 Å². The first kappa shape index (κ1) is 21.7. The monoisotopic (exact) mass is 407 g/mol. The molecule has 0 radical (unpaired) electrons. The molecular weight excluding hydrogens is 388 g/mol. The third kappa shape index (κ3) is 5.93. The molecule has 0 atom stereocenters. The molecule has 2 rings (SSSR count). The average Bonchev–Trinajstić information content (AvgIpc) is 2.71. The number of ether oxygens (including phenoxy) is 4. The lowest BCUT2D eigenvalue weighted by atomic mass is 10.1. The van der Waals surface area contributed by atoms with Crippen LogP contribution < -0.4 is 19.5 Å². The Morgan fingerprint density at radius 1 is 1.00 bits per heavy atom. The zero-order chi connectivity index (χ0) is 21.4. The van der Waals surface area contributed by atoms with Gasteiger partial charge in [-0.25, -0.2) is 13.6 Å². The second-order valence-corrected chi connectivity index (χ2v) is 5.57. The number of anilines is 1. The molecular formula is C20H19F2NO6. The lowest BCUT2D eigenvalue weighted by Gasteiger charge is -2.12. The number of rotatable bonds is 8. The number of amides is 1. The molecule has 0 aromatic heterocycles. The summed E-state index contributed by atoms with van der Waals surface area (Å²) in [6.07, 6.45) is 2.54. The van der Waals surface area contributed by atoms with Gasteiger partial charge in [0.15, 0.2) is 18.1 Å². The molecule has 0 saturated carbocycles. The normalized spacial score (nSPS) is 10.5. The second kappa shape index (κ2) is 10.1. The molecule has 0 aliphatic rings. The molecule has 154 valence electrons. The summed E-state index contributed by atoms with van der Waals surface area (Å²) in [6, 6.07) is 5.92. The van der Waals surface area contributed by atoms with Crippen LogP contribution in [0.25, 0.3) is 6.08 Å². The van der Waals surface area contributed by atoms with E-state index >= 15 is 0 Å². The molecule has 0 spiro atoms. The number of halogens is 2. The first-order chi connectivity index (χ1) is 13.9. The van der Waals surface area contributed by atoms with E-state index in [9.17, 15) is 18.4 Å². The number of nitrogens with one attached hydrogen (secondary N) is 1. The number of esters is 1. The predicted molar refractivity (Wildman–Crippen MR) is 101 cm³/mol. The SMILES string of the molecule is COc1cc(/C=C/C(=O)OCC(=O)Nc2ccc(F)cc2F)cc(OC)c1OC. The van der Waals surface area contributed by atoms with Crippen molar-refractivity contribution in [2.75, 3.05) is 33.3 Å². The van der Waals surface area contributed by atoms with Crippen LogP contribution in [0.3, 0.4) is 0 Å². The van der Waals surface area contributed by atoms with Crippen LogP contribution in [0.15, 0.2) is 36.4 Å². The van der Waals surface area contributed by atoms with E-state index in [0.29, 0.717) is 28.9 Å². The number of hydrogen-bond donors (Lipinski definition) is 1. The van der Waals surface area contributed by atoms with E-state index in [0.717, 1.165) is 18.2 Å². The fourth-order valence-electron chi connectivity index (χ4n) is 2.32. The Bertz CT molecular complexity index is 904. The van der Waals surface area contributed by atoms with E-state index in [1.807, 2.05) is 0 Å². The van der Waals surface area contributed by atoms with Gasteiger partial charge in [0.1, 0.15) is 11.6 Å². The Kier molecular flexibility index (Phi) is 7.53. The fourth-order valence-corrected chi connectivity index (χ4v) is 2.32. The van der Waals surface area contributed by atoms with Gasteiger partial charge in [0, 0.05) is 12.1 Å². The minimum Gasteiger partial charge on any atom is -0.493 e. The number of methoxy groups -OCH3 is 3. The average molecular weight is 407 g/mol. The summed E-state index contributed by atoms with van der Waals surface area (Å²) in [6.45, 7) is -0.644. The smallest absolute Gasteiger partial charge is 0.331 e. The summed E-state index contributed by atoms with van der Waals surface area (Å²) in [5, 5.41) is 2.18. The zero-order valence-electron chi connectivity index (χ0n) is 16.0. The highest BCUT2D eigenvalue weighted by molar-refractivity contribution is 5.94. The maximum absolute atomic E-state index is 13.5. The topological polar surface area (TPSA) is 83.1 Å². The van der Waals surface area contributed by atoms with Crippen molar-refractivity contribution in [2.24, 2.45) is 0 Å². The highest BCUT2D eigenvalue weighted by Gasteiger charge is 2.13. The zero-order valence-corrected chi connectivity index (χ0v) is 16.0. The Labute approximate surface area is 165 Å². The van der Waals surface area contributed by atoms with E-state index < -0.39 is 30.1 Å². The third-order valence-electron chi connectivity index (χ3n) is 3.65. The van der Waals surface area contributed by atoms with E-state index in [4.69, 9.17) is 18.9 Å². The van der Waals surface area contributed by atoms with Gasteiger partial charge in [-0.1, -0.05) is 0 Å². The minimum atomic E-state index is -0.938. The quantitative estimate of drug-likeness (QED) is 0.535. The summed E-state index contributed by atoms with van der Waals surface area (Å²) in [5.74, 6) is -2.07. The molecule has 1 amide bonds. The maximum atomic E-state index is 13.5. The second-order valence-electron chi connectivity index (χ2n) is 5.57. The highest BCUT2D eigenvalue weighted by Crippen LogP contribution is 2.38. The van der Waals surface area contributed by atoms with Crippen molar-refractivity contribution in [3.05, 3.63) is 53.6 Å². The Morgan fingerprint density at radius 3 is 2.21 bits per heavy atom. The number of hydrogen-bond acceptors (Lipinski definition) is 6. The van der Waals surface area contributed by atoms with Crippen LogP contribution in [-0.2, 0) is 14.3 Å². The van der Waals surface area contributed by atoms with Crippen LogP contribution in [0.5, 0.6) is 17.2 Å². The van der Waals surface area contributed by atoms with Crippen LogP contribution in [0.1, 0.15) is 5.56 Å². The van der Waals surface area contributed by atoms with Gasteiger partial charge in [-0.05, 0) is 35.9 Å². The number of benzene rings is 2. The molecule has 2 aromatic carbocycles. The van der Waals surface area contributed by atoms with E-state index in [2.05, 4.69) is 5.32 Å². The standard InChI is InChI=1S/C20H19F2NO6/c1-26-16-8-12(9-17(27-2)20(16)28-3)4-7-19(25)29-11-18(24)23-15-6-5-13(21)10-14(15)22/h4-10H,11H2,1-3H3,(H,23,24)/b7-4+. The molecule has 0 bridgehead atoms. The molecule has 7 nitrogen and oxygen atoms in total. The molecule has 1 N–H and O–H groups in total.